The van der Waals surface area contributed by atoms with E-state index in [2.05, 4.69) is 10.3 Å². The van der Waals surface area contributed by atoms with Gasteiger partial charge in [0.2, 0.25) is 18.6 Å². The number of allylic oxidation sites excluding steroid dienone is 3. The summed E-state index contributed by atoms with van der Waals surface area (Å²) in [5.41, 5.74) is 1.16. The molecule has 1 aromatic carbocycles. The van der Waals surface area contributed by atoms with Crippen LogP contribution in [0.25, 0.3) is 0 Å². The molecule has 0 aromatic heterocycles. The van der Waals surface area contributed by atoms with Crippen molar-refractivity contribution in [1.82, 2.24) is 4.90 Å². The molecule has 150 valence electrons. The second-order valence-electron chi connectivity index (χ2n) is 6.96. The van der Waals surface area contributed by atoms with Crippen LogP contribution >= 0.6 is 0 Å². The van der Waals surface area contributed by atoms with Crippen molar-refractivity contribution in [2.24, 2.45) is 10.9 Å². The second-order valence-corrected chi connectivity index (χ2v) is 6.96. The minimum Gasteiger partial charge on any atom is -0.454 e. The summed E-state index contributed by atoms with van der Waals surface area (Å²) in [6.07, 6.45) is 9.36. The summed E-state index contributed by atoms with van der Waals surface area (Å²) >= 11 is 0. The van der Waals surface area contributed by atoms with E-state index < -0.39 is 11.9 Å². The van der Waals surface area contributed by atoms with Gasteiger partial charge < -0.3 is 14.8 Å². The molecule has 1 aliphatic carbocycles. The van der Waals surface area contributed by atoms with Crippen LogP contribution in [0.15, 0.2) is 47.5 Å². The molecule has 4 amide bonds. The molecular formula is C21H21N3O5. The van der Waals surface area contributed by atoms with E-state index in [0.29, 0.717) is 48.7 Å². The number of carbonyl (C=O) groups excluding carboxylic acids is 3. The van der Waals surface area contributed by atoms with Gasteiger partial charge in [-0.2, -0.15) is 4.99 Å². The van der Waals surface area contributed by atoms with Crippen LogP contribution < -0.4 is 14.8 Å². The molecule has 4 rings (SSSR count). The standard InChI is InChI=1S/C21H21N3O5/c25-19(22-14-9-10-17-18(12-14)29-13-28-17)8-2-1-5-11-24-20(26)15-6-3-4-7-16(15)23-21(24)27/h3-4,6-7,9-10,12,15H,1-2,5,8,11,13H2,(H,22,25). The Labute approximate surface area is 167 Å². The number of urea groups is 1. The Bertz CT molecular complexity index is 934. The molecule has 1 N–H and O–H groups in total. The highest BCUT2D eigenvalue weighted by Crippen LogP contribution is 2.34. The third kappa shape index (κ3) is 4.21. The average molecular weight is 395 g/mol. The van der Waals surface area contributed by atoms with Gasteiger partial charge in [0, 0.05) is 24.7 Å². The summed E-state index contributed by atoms with van der Waals surface area (Å²) in [6, 6.07) is 4.75. The zero-order chi connectivity index (χ0) is 20.2. The molecule has 0 radical (unpaired) electrons. The largest absolute Gasteiger partial charge is 0.454 e. The Morgan fingerprint density at radius 2 is 2.00 bits per heavy atom. The molecule has 0 bridgehead atoms. The van der Waals surface area contributed by atoms with Crippen molar-refractivity contribution in [1.29, 1.82) is 0 Å². The highest BCUT2D eigenvalue weighted by atomic mass is 16.7. The van der Waals surface area contributed by atoms with E-state index in [0.717, 1.165) is 6.42 Å². The molecule has 2 heterocycles. The highest BCUT2D eigenvalue weighted by molar-refractivity contribution is 6.21. The number of aliphatic imine (C=N–C) groups is 1. The minimum atomic E-state index is -0.512. The maximum Gasteiger partial charge on any atom is 0.350 e. The third-order valence-corrected chi connectivity index (χ3v) is 4.93. The molecule has 1 unspecified atom stereocenters. The van der Waals surface area contributed by atoms with Gasteiger partial charge in [0.25, 0.3) is 0 Å². The van der Waals surface area contributed by atoms with Crippen LogP contribution in [0.2, 0.25) is 0 Å². The third-order valence-electron chi connectivity index (χ3n) is 4.93. The number of nitrogens with zero attached hydrogens (tertiary/aromatic N) is 2. The number of anilines is 1. The highest BCUT2D eigenvalue weighted by Gasteiger charge is 2.35. The summed E-state index contributed by atoms with van der Waals surface area (Å²) in [5, 5.41) is 2.83. The van der Waals surface area contributed by atoms with E-state index in [4.69, 9.17) is 9.47 Å². The molecule has 0 saturated carbocycles. The van der Waals surface area contributed by atoms with E-state index in [-0.39, 0.29) is 18.6 Å². The van der Waals surface area contributed by atoms with Crippen LogP contribution in [0.5, 0.6) is 11.5 Å². The number of carbonyl (C=O) groups is 3. The Kier molecular flexibility index (Phi) is 5.41. The van der Waals surface area contributed by atoms with Crippen LogP contribution in [0.3, 0.4) is 0 Å². The van der Waals surface area contributed by atoms with Crippen LogP contribution in [0.4, 0.5) is 10.5 Å². The Hall–Kier alpha value is -3.42. The van der Waals surface area contributed by atoms with Crippen LogP contribution in [0, 0.1) is 5.92 Å². The lowest BCUT2D eigenvalue weighted by Crippen LogP contribution is -2.46. The van der Waals surface area contributed by atoms with Crippen LogP contribution in [-0.4, -0.2) is 41.8 Å². The lowest BCUT2D eigenvalue weighted by Gasteiger charge is -2.28. The summed E-state index contributed by atoms with van der Waals surface area (Å²) in [7, 11) is 0. The summed E-state index contributed by atoms with van der Waals surface area (Å²) in [5.74, 6) is 0.488. The van der Waals surface area contributed by atoms with Crippen molar-refractivity contribution in [3.05, 3.63) is 42.5 Å². The minimum absolute atomic E-state index is 0.0950. The molecule has 29 heavy (non-hydrogen) atoms. The van der Waals surface area contributed by atoms with E-state index in [9.17, 15) is 14.4 Å². The fourth-order valence-corrected chi connectivity index (χ4v) is 3.42. The van der Waals surface area contributed by atoms with Gasteiger partial charge in [0.1, 0.15) is 0 Å². The van der Waals surface area contributed by atoms with E-state index in [1.165, 1.54) is 4.90 Å². The van der Waals surface area contributed by atoms with E-state index >= 15 is 0 Å². The lowest BCUT2D eigenvalue weighted by molar-refractivity contribution is -0.129. The quantitative estimate of drug-likeness (QED) is 0.716. The molecular weight excluding hydrogens is 374 g/mol. The molecule has 8 heteroatoms. The second kappa shape index (κ2) is 8.30. The van der Waals surface area contributed by atoms with Crippen LogP contribution in [-0.2, 0) is 9.59 Å². The van der Waals surface area contributed by atoms with Crippen molar-refractivity contribution in [2.45, 2.75) is 25.7 Å². The number of benzene rings is 1. The number of ether oxygens (including phenoxy) is 2. The summed E-state index contributed by atoms with van der Waals surface area (Å²) < 4.78 is 10.5. The number of amides is 4. The Morgan fingerprint density at radius 1 is 1.14 bits per heavy atom. The first-order chi connectivity index (χ1) is 14.1. The fraction of sp³-hybridized carbons (Fsp3) is 0.333. The van der Waals surface area contributed by atoms with E-state index in [1.54, 1.807) is 42.5 Å². The smallest absolute Gasteiger partial charge is 0.350 e. The van der Waals surface area contributed by atoms with Gasteiger partial charge in [-0.25, -0.2) is 4.79 Å². The normalized spacial score (nSPS) is 19.2. The van der Waals surface area contributed by atoms with Gasteiger partial charge >= 0.3 is 6.03 Å². The predicted molar refractivity (Wildman–Crippen MR) is 106 cm³/mol. The Morgan fingerprint density at radius 3 is 2.90 bits per heavy atom. The number of rotatable bonds is 7. The topological polar surface area (TPSA) is 97.3 Å². The zero-order valence-electron chi connectivity index (χ0n) is 15.8. The first-order valence-corrected chi connectivity index (χ1v) is 9.60. The van der Waals surface area contributed by atoms with Gasteiger partial charge in [-0.3, -0.25) is 14.5 Å². The first-order valence-electron chi connectivity index (χ1n) is 9.60. The zero-order valence-corrected chi connectivity index (χ0v) is 15.8. The number of imide groups is 1. The van der Waals surface area contributed by atoms with Crippen molar-refractivity contribution >= 4 is 29.2 Å². The van der Waals surface area contributed by atoms with Crippen molar-refractivity contribution in [3.63, 3.8) is 0 Å². The number of nitrogens with one attached hydrogen (secondary N) is 1. The number of hydrogen-bond donors (Lipinski definition) is 1. The number of hydrogen-bond acceptors (Lipinski definition) is 5. The van der Waals surface area contributed by atoms with Crippen molar-refractivity contribution in [2.75, 3.05) is 18.7 Å². The average Bonchev–Trinajstić information content (AvgIpc) is 3.18. The number of fused-ring (bicyclic) bond motifs is 2. The summed E-state index contributed by atoms with van der Waals surface area (Å²) in [4.78, 5) is 41.9. The SMILES string of the molecule is O=C(CCCCCN1C(=O)N=C2C=CC=CC2C1=O)Nc1ccc2c(c1)OCO2. The monoisotopic (exact) mass is 395 g/mol. The summed E-state index contributed by atoms with van der Waals surface area (Å²) in [6.45, 7) is 0.501. The van der Waals surface area contributed by atoms with Crippen LogP contribution in [0.1, 0.15) is 25.7 Å². The van der Waals surface area contributed by atoms with Gasteiger partial charge in [0.05, 0.1) is 11.6 Å². The van der Waals surface area contributed by atoms with Gasteiger partial charge in [-0.15, -0.1) is 0 Å². The van der Waals surface area contributed by atoms with Gasteiger partial charge in [0.15, 0.2) is 11.5 Å². The fourth-order valence-electron chi connectivity index (χ4n) is 3.42. The maximum atomic E-state index is 12.5. The Balaban J connectivity index is 1.19. The molecule has 0 fully saturated rings. The molecule has 0 spiro atoms. The molecule has 3 aliphatic rings. The van der Waals surface area contributed by atoms with E-state index in [1.807, 2.05) is 0 Å². The van der Waals surface area contributed by atoms with Gasteiger partial charge in [-0.1, -0.05) is 24.6 Å². The van der Waals surface area contributed by atoms with Crippen molar-refractivity contribution < 1.29 is 23.9 Å². The molecule has 0 saturated heterocycles. The molecule has 2 aliphatic heterocycles. The molecule has 1 aromatic rings. The molecule has 1 atom stereocenters. The first kappa shape index (κ1) is 18.9. The number of unbranched alkanes of at least 4 members (excludes halogenated alkanes) is 2. The molecule has 8 nitrogen and oxygen atoms in total. The van der Waals surface area contributed by atoms with Gasteiger partial charge in [-0.05, 0) is 31.1 Å². The predicted octanol–water partition coefficient (Wildman–Crippen LogP) is 3.06. The maximum absolute atomic E-state index is 12.5. The van der Waals surface area contributed by atoms with Crippen molar-refractivity contribution in [3.8, 4) is 11.5 Å². The lowest BCUT2D eigenvalue weighted by atomic mass is 9.95.